The Balaban J connectivity index is 1.47. The van der Waals surface area contributed by atoms with E-state index in [1.54, 1.807) is 24.8 Å². The van der Waals surface area contributed by atoms with Crippen molar-refractivity contribution in [3.05, 3.63) is 72.3 Å². The third kappa shape index (κ3) is 2.88. The SMILES string of the molecule is Nc1cnc(-c2ccc3c(c2)Cc2ccc(-c4cnc(N)cn4)cc2N3)cn1. The topological polar surface area (TPSA) is 116 Å². The van der Waals surface area contributed by atoms with Gasteiger partial charge in [-0.3, -0.25) is 9.97 Å². The summed E-state index contributed by atoms with van der Waals surface area (Å²) in [7, 11) is 0. The van der Waals surface area contributed by atoms with Gasteiger partial charge in [0, 0.05) is 28.9 Å². The van der Waals surface area contributed by atoms with E-state index >= 15 is 0 Å². The summed E-state index contributed by atoms with van der Waals surface area (Å²) in [6, 6.07) is 12.5. The maximum Gasteiger partial charge on any atom is 0.141 e. The summed E-state index contributed by atoms with van der Waals surface area (Å²) in [6.45, 7) is 0. The lowest BCUT2D eigenvalue weighted by Gasteiger charge is -2.23. The first-order chi connectivity index (χ1) is 13.7. The molecule has 0 saturated carbocycles. The fourth-order valence-corrected chi connectivity index (χ4v) is 3.35. The first kappa shape index (κ1) is 16.2. The van der Waals surface area contributed by atoms with Crippen molar-refractivity contribution in [3.63, 3.8) is 0 Å². The Hall–Kier alpha value is -4.00. The molecule has 1 aliphatic heterocycles. The molecule has 0 aliphatic carbocycles. The number of fused-ring (bicyclic) bond motifs is 2. The molecular weight excluding hydrogens is 350 g/mol. The summed E-state index contributed by atoms with van der Waals surface area (Å²) < 4.78 is 0. The number of anilines is 4. The Labute approximate surface area is 161 Å². The third-order valence-corrected chi connectivity index (χ3v) is 4.80. The van der Waals surface area contributed by atoms with Crippen LogP contribution in [0.1, 0.15) is 11.1 Å². The number of nitrogens with two attached hydrogens (primary N) is 2. The lowest BCUT2D eigenvalue weighted by atomic mass is 9.94. The van der Waals surface area contributed by atoms with E-state index in [0.29, 0.717) is 11.6 Å². The van der Waals surface area contributed by atoms with Crippen LogP contribution in [0.5, 0.6) is 0 Å². The van der Waals surface area contributed by atoms with E-state index in [1.807, 2.05) is 6.07 Å². The van der Waals surface area contributed by atoms with Crippen molar-refractivity contribution in [2.75, 3.05) is 16.8 Å². The summed E-state index contributed by atoms with van der Waals surface area (Å²) in [4.78, 5) is 17.0. The van der Waals surface area contributed by atoms with E-state index in [9.17, 15) is 0 Å². The zero-order valence-electron chi connectivity index (χ0n) is 14.9. The van der Waals surface area contributed by atoms with Gasteiger partial charge in [0.15, 0.2) is 0 Å². The first-order valence-corrected chi connectivity index (χ1v) is 8.84. The van der Waals surface area contributed by atoms with Crippen LogP contribution < -0.4 is 16.8 Å². The van der Waals surface area contributed by atoms with Crippen LogP contribution in [0.3, 0.4) is 0 Å². The highest BCUT2D eigenvalue weighted by Crippen LogP contribution is 2.36. The van der Waals surface area contributed by atoms with Gasteiger partial charge in [-0.15, -0.1) is 0 Å². The Morgan fingerprint density at radius 1 is 0.643 bits per heavy atom. The molecule has 0 amide bonds. The second-order valence-electron chi connectivity index (χ2n) is 6.70. The minimum Gasteiger partial charge on any atom is -0.382 e. The van der Waals surface area contributed by atoms with E-state index in [1.165, 1.54) is 11.1 Å². The van der Waals surface area contributed by atoms with Gasteiger partial charge >= 0.3 is 0 Å². The van der Waals surface area contributed by atoms with E-state index in [2.05, 4.69) is 55.6 Å². The molecule has 4 aromatic rings. The number of nitrogens with one attached hydrogen (secondary N) is 1. The molecule has 0 bridgehead atoms. The summed E-state index contributed by atoms with van der Waals surface area (Å²) in [5.74, 6) is 0.828. The molecule has 136 valence electrons. The van der Waals surface area contributed by atoms with Crippen molar-refractivity contribution in [2.24, 2.45) is 0 Å². The van der Waals surface area contributed by atoms with Crippen molar-refractivity contribution in [3.8, 4) is 22.5 Å². The number of nitrogens with zero attached hydrogens (tertiary/aromatic N) is 4. The number of benzene rings is 2. The molecule has 0 unspecified atom stereocenters. The van der Waals surface area contributed by atoms with Crippen LogP contribution in [0.15, 0.2) is 61.2 Å². The smallest absolute Gasteiger partial charge is 0.141 e. The van der Waals surface area contributed by atoms with Crippen molar-refractivity contribution < 1.29 is 0 Å². The number of hydrogen-bond donors (Lipinski definition) is 3. The quantitative estimate of drug-likeness (QED) is 0.438. The van der Waals surface area contributed by atoms with Gasteiger partial charge in [-0.1, -0.05) is 18.2 Å². The molecule has 2 aromatic carbocycles. The van der Waals surface area contributed by atoms with Crippen LogP contribution in [0.2, 0.25) is 0 Å². The maximum atomic E-state index is 5.63. The van der Waals surface area contributed by atoms with Gasteiger partial charge in [0.1, 0.15) is 11.6 Å². The number of hydrogen-bond acceptors (Lipinski definition) is 7. The predicted molar refractivity (Wildman–Crippen MR) is 110 cm³/mol. The standard InChI is InChI=1S/C21H17N7/c22-20-10-24-18(8-26-20)13-3-4-16-15(6-13)5-12-1-2-14(7-17(12)28-16)19-9-27-21(23)11-25-19/h1-4,6-11,28H,5H2,(H2,22,26)(H2,23,27). The average Bonchev–Trinajstić information content (AvgIpc) is 2.72. The van der Waals surface area contributed by atoms with Crippen LogP contribution in [0.4, 0.5) is 23.0 Å². The summed E-state index contributed by atoms with van der Waals surface area (Å²) in [5.41, 5.74) is 19.5. The van der Waals surface area contributed by atoms with E-state index in [0.717, 1.165) is 40.3 Å². The number of rotatable bonds is 2. The summed E-state index contributed by atoms with van der Waals surface area (Å²) >= 11 is 0. The van der Waals surface area contributed by atoms with Crippen molar-refractivity contribution in [2.45, 2.75) is 6.42 Å². The molecular formula is C21H17N7. The molecule has 5 rings (SSSR count). The fourth-order valence-electron chi connectivity index (χ4n) is 3.35. The van der Waals surface area contributed by atoms with Gasteiger partial charge < -0.3 is 16.8 Å². The van der Waals surface area contributed by atoms with Gasteiger partial charge in [0.25, 0.3) is 0 Å². The second kappa shape index (κ2) is 6.31. The zero-order valence-corrected chi connectivity index (χ0v) is 14.9. The molecule has 3 heterocycles. The van der Waals surface area contributed by atoms with Gasteiger partial charge in [0.05, 0.1) is 36.2 Å². The van der Waals surface area contributed by atoms with Crippen LogP contribution in [0.25, 0.3) is 22.5 Å². The fraction of sp³-hybridized carbons (Fsp3) is 0.0476. The number of aromatic nitrogens is 4. The van der Waals surface area contributed by atoms with Crippen LogP contribution in [0, 0.1) is 0 Å². The molecule has 1 aliphatic rings. The van der Waals surface area contributed by atoms with Gasteiger partial charge in [0.2, 0.25) is 0 Å². The van der Waals surface area contributed by atoms with Crippen LogP contribution in [-0.2, 0) is 6.42 Å². The van der Waals surface area contributed by atoms with Crippen LogP contribution in [-0.4, -0.2) is 19.9 Å². The minimum atomic E-state index is 0.412. The molecule has 0 radical (unpaired) electrons. The minimum absolute atomic E-state index is 0.412. The molecule has 0 saturated heterocycles. The van der Waals surface area contributed by atoms with Crippen LogP contribution >= 0.6 is 0 Å². The molecule has 2 aromatic heterocycles. The molecule has 28 heavy (non-hydrogen) atoms. The van der Waals surface area contributed by atoms with Gasteiger partial charge in [-0.25, -0.2) is 9.97 Å². The monoisotopic (exact) mass is 367 g/mol. The second-order valence-corrected chi connectivity index (χ2v) is 6.70. The van der Waals surface area contributed by atoms with E-state index in [4.69, 9.17) is 11.5 Å². The maximum absolute atomic E-state index is 5.63. The Morgan fingerprint density at radius 3 is 1.93 bits per heavy atom. The lowest BCUT2D eigenvalue weighted by molar-refractivity contribution is 1.15. The Kier molecular flexibility index (Phi) is 3.65. The molecule has 7 heteroatoms. The molecule has 0 fully saturated rings. The zero-order chi connectivity index (χ0) is 19.1. The van der Waals surface area contributed by atoms with E-state index < -0.39 is 0 Å². The molecule has 0 spiro atoms. The highest BCUT2D eigenvalue weighted by atomic mass is 14.9. The van der Waals surface area contributed by atoms with Gasteiger partial charge in [-0.2, -0.15) is 0 Å². The highest BCUT2D eigenvalue weighted by Gasteiger charge is 2.17. The first-order valence-electron chi connectivity index (χ1n) is 8.84. The van der Waals surface area contributed by atoms with Crippen molar-refractivity contribution in [1.29, 1.82) is 0 Å². The molecule has 0 atom stereocenters. The summed E-state index contributed by atoms with van der Waals surface area (Å²) in [6.07, 6.45) is 7.36. The molecule has 5 N–H and O–H groups in total. The van der Waals surface area contributed by atoms with Crippen molar-refractivity contribution in [1.82, 2.24) is 19.9 Å². The highest BCUT2D eigenvalue weighted by molar-refractivity contribution is 5.78. The van der Waals surface area contributed by atoms with Crippen molar-refractivity contribution >= 4 is 23.0 Å². The summed E-state index contributed by atoms with van der Waals surface area (Å²) in [5, 5.41) is 3.52. The molecule has 7 nitrogen and oxygen atoms in total. The number of nitrogen functional groups attached to an aromatic ring is 2. The largest absolute Gasteiger partial charge is 0.382 e. The predicted octanol–water partition coefficient (Wildman–Crippen LogP) is 3.41. The Morgan fingerprint density at radius 2 is 1.29 bits per heavy atom. The lowest BCUT2D eigenvalue weighted by Crippen LogP contribution is -2.07. The van der Waals surface area contributed by atoms with Gasteiger partial charge in [-0.05, 0) is 29.3 Å². The third-order valence-electron chi connectivity index (χ3n) is 4.80. The average molecular weight is 367 g/mol. The Bertz CT molecular complexity index is 1070. The van der Waals surface area contributed by atoms with E-state index in [-0.39, 0.29) is 0 Å². The normalized spacial score (nSPS) is 12.0.